The first-order valence-corrected chi connectivity index (χ1v) is 23.0. The van der Waals surface area contributed by atoms with Gasteiger partial charge in [0.2, 0.25) is 5.71 Å². The predicted octanol–water partition coefficient (Wildman–Crippen LogP) is 12.3. The van der Waals surface area contributed by atoms with Crippen molar-refractivity contribution >= 4 is 46.4 Å². The number of hydrogen-bond donors (Lipinski definition) is 0. The van der Waals surface area contributed by atoms with Gasteiger partial charge in [0.1, 0.15) is 0 Å². The summed E-state index contributed by atoms with van der Waals surface area (Å²) in [5.41, 5.74) is 10.5. The van der Waals surface area contributed by atoms with Crippen molar-refractivity contribution in [1.29, 1.82) is 0 Å². The van der Waals surface area contributed by atoms with Crippen LogP contribution < -0.4 is 5.19 Å². The molecule has 0 bridgehead atoms. The van der Waals surface area contributed by atoms with Crippen molar-refractivity contribution in [2.24, 2.45) is 11.3 Å². The van der Waals surface area contributed by atoms with Crippen LogP contribution in [0, 0.1) is 23.5 Å². The zero-order chi connectivity index (χ0) is 38.9. The van der Waals surface area contributed by atoms with E-state index in [1.165, 1.54) is 16.3 Å². The molecule has 0 saturated heterocycles. The number of rotatable bonds is 8. The number of furan rings is 1. The molecule has 56 heavy (non-hydrogen) atoms. The number of nitrogens with zero attached hydrogens (tertiary/aromatic N) is 4. The van der Waals surface area contributed by atoms with E-state index in [0.29, 0.717) is 17.5 Å². The van der Waals surface area contributed by atoms with E-state index in [-0.39, 0.29) is 25.5 Å². The Bertz CT molecular complexity index is 2560. The van der Waals surface area contributed by atoms with Crippen LogP contribution in [-0.2, 0) is 33.1 Å². The standard InChI is InChI=1S/C30H26N3O.C19H26NSi.Ir/c1-19(2)20(3)25-17-16-23-22-12-9-13-24(28(22)34-30(23)32-25)29-31-26-14-7-8-15-27(26)33(29)18-21-10-5-4-6-11-21;1-19(2,3)13-16-12-17(15-10-8-7-9-11-15)20-14-18(16)21(4,5)6;/h4-12,14-17,19-20H,18H2,1-3H3;7-10,12,14H,13H2,1-6H3;/q2*-1;. The monoisotopic (exact) mass is 933 g/mol. The van der Waals surface area contributed by atoms with E-state index in [1.54, 1.807) is 0 Å². The van der Waals surface area contributed by atoms with E-state index in [4.69, 9.17) is 19.4 Å². The minimum atomic E-state index is -1.37. The zero-order valence-corrected chi connectivity index (χ0v) is 37.5. The SMILES string of the molecule is CC(C)(C)Cc1cc(-c2[c-]cccc2)ncc1[Si](C)(C)C.CC(C)C(C)c1ccc2c(n1)oc1c(-c3nc4ccccc4n3Cc3ccccc3)[c-]ccc12.[Ir]. The summed E-state index contributed by atoms with van der Waals surface area (Å²) in [7, 11) is -1.37. The van der Waals surface area contributed by atoms with E-state index in [9.17, 15) is 0 Å². The molecule has 4 aromatic heterocycles. The summed E-state index contributed by atoms with van der Waals surface area (Å²) in [4.78, 5) is 14.6. The average molecular weight is 933 g/mol. The maximum absolute atomic E-state index is 6.41. The van der Waals surface area contributed by atoms with Gasteiger partial charge in [-0.05, 0) is 58.5 Å². The third-order valence-electron chi connectivity index (χ3n) is 10.4. The van der Waals surface area contributed by atoms with E-state index in [0.717, 1.165) is 68.7 Å². The molecule has 0 N–H and O–H groups in total. The van der Waals surface area contributed by atoms with Crippen molar-refractivity contribution < 1.29 is 24.5 Å². The maximum Gasteiger partial charge on any atom is 0.216 e. The molecule has 0 spiro atoms. The minimum absolute atomic E-state index is 0. The Morgan fingerprint density at radius 3 is 2.21 bits per heavy atom. The first-order chi connectivity index (χ1) is 26.3. The Morgan fingerprint density at radius 2 is 1.52 bits per heavy atom. The van der Waals surface area contributed by atoms with Gasteiger partial charge in [0.25, 0.3) is 0 Å². The first kappa shape index (κ1) is 41.0. The largest absolute Gasteiger partial charge is 0.486 e. The van der Waals surface area contributed by atoms with Gasteiger partial charge in [0.05, 0.1) is 30.5 Å². The number of imidazole rings is 1. The zero-order valence-electron chi connectivity index (χ0n) is 34.1. The Labute approximate surface area is 347 Å². The number of pyridine rings is 2. The van der Waals surface area contributed by atoms with E-state index in [1.807, 2.05) is 36.4 Å². The smallest absolute Gasteiger partial charge is 0.216 e. The van der Waals surface area contributed by atoms with Crippen molar-refractivity contribution in [3.8, 4) is 22.6 Å². The molecule has 4 heterocycles. The van der Waals surface area contributed by atoms with E-state index < -0.39 is 8.07 Å². The van der Waals surface area contributed by atoms with Crippen LogP contribution in [0.3, 0.4) is 0 Å². The number of para-hydroxylation sites is 2. The van der Waals surface area contributed by atoms with Gasteiger partial charge >= 0.3 is 0 Å². The molecule has 0 saturated carbocycles. The molecule has 5 nitrogen and oxygen atoms in total. The average Bonchev–Trinajstić information content (AvgIpc) is 3.72. The van der Waals surface area contributed by atoms with Crippen LogP contribution in [0.15, 0.2) is 120 Å². The first-order valence-electron chi connectivity index (χ1n) is 19.5. The summed E-state index contributed by atoms with van der Waals surface area (Å²) in [6.07, 6.45) is 3.21. The van der Waals surface area contributed by atoms with E-state index >= 15 is 0 Å². The van der Waals surface area contributed by atoms with Crippen molar-refractivity contribution in [2.45, 2.75) is 80.1 Å². The molecular weight excluding hydrogens is 881 g/mol. The predicted molar refractivity (Wildman–Crippen MR) is 233 cm³/mol. The molecule has 0 aliphatic heterocycles. The molecule has 8 rings (SSSR count). The molecule has 8 aromatic rings. The summed E-state index contributed by atoms with van der Waals surface area (Å²) in [5.74, 6) is 1.72. The third-order valence-corrected chi connectivity index (χ3v) is 12.4. The second kappa shape index (κ2) is 16.8. The number of aromatic nitrogens is 4. The topological polar surface area (TPSA) is 56.7 Å². The Kier molecular flexibility index (Phi) is 12.3. The quantitative estimate of drug-likeness (QED) is 0.113. The van der Waals surface area contributed by atoms with Crippen molar-refractivity contribution in [3.05, 3.63) is 144 Å². The maximum atomic E-state index is 6.41. The summed E-state index contributed by atoms with van der Waals surface area (Å²) >= 11 is 0. The molecule has 1 unspecified atom stereocenters. The summed E-state index contributed by atoms with van der Waals surface area (Å²) in [6, 6.07) is 44.1. The molecule has 1 atom stereocenters. The molecule has 1 radical (unpaired) electrons. The van der Waals surface area contributed by atoms with Crippen LogP contribution in [0.2, 0.25) is 19.6 Å². The van der Waals surface area contributed by atoms with Crippen molar-refractivity contribution in [3.63, 3.8) is 0 Å². The summed E-state index contributed by atoms with van der Waals surface area (Å²) < 4.78 is 8.67. The van der Waals surface area contributed by atoms with Crippen LogP contribution in [0.4, 0.5) is 0 Å². The van der Waals surface area contributed by atoms with Gasteiger partial charge in [0, 0.05) is 49.8 Å². The molecular formula is C49H52IrN4OSi-2. The second-order valence-corrected chi connectivity index (χ2v) is 22.3. The van der Waals surface area contributed by atoms with E-state index in [2.05, 4.69) is 157 Å². The summed E-state index contributed by atoms with van der Waals surface area (Å²) in [6.45, 7) is 21.5. The number of benzene rings is 4. The van der Waals surface area contributed by atoms with Crippen LogP contribution in [-0.4, -0.2) is 27.6 Å². The summed E-state index contributed by atoms with van der Waals surface area (Å²) in [5, 5.41) is 3.55. The molecule has 0 aliphatic rings. The Balaban J connectivity index is 0.000000209. The molecule has 289 valence electrons. The van der Waals surface area contributed by atoms with Gasteiger partial charge < -0.3 is 14.0 Å². The molecule has 0 amide bonds. The van der Waals surface area contributed by atoms with Gasteiger partial charge in [-0.3, -0.25) is 4.98 Å². The van der Waals surface area contributed by atoms with Crippen LogP contribution in [0.5, 0.6) is 0 Å². The van der Waals surface area contributed by atoms with Crippen molar-refractivity contribution in [2.75, 3.05) is 0 Å². The molecule has 7 heteroatoms. The van der Waals surface area contributed by atoms with Gasteiger partial charge in [-0.15, -0.1) is 54.1 Å². The van der Waals surface area contributed by atoms with Gasteiger partial charge in [-0.25, -0.2) is 4.98 Å². The third kappa shape index (κ3) is 8.97. The Morgan fingerprint density at radius 1 is 0.786 bits per heavy atom. The van der Waals surface area contributed by atoms with Gasteiger partial charge in [-0.2, -0.15) is 0 Å². The van der Waals surface area contributed by atoms with Gasteiger partial charge in [0.15, 0.2) is 0 Å². The van der Waals surface area contributed by atoms with Crippen LogP contribution in [0.25, 0.3) is 55.7 Å². The molecule has 4 aromatic carbocycles. The molecule has 0 fully saturated rings. The molecule has 0 aliphatic carbocycles. The fraction of sp³-hybridized carbons (Fsp3) is 0.286. The second-order valence-electron chi connectivity index (χ2n) is 17.3. The number of fused-ring (bicyclic) bond motifs is 4. The Hall–Kier alpha value is -4.68. The van der Waals surface area contributed by atoms with Crippen molar-refractivity contribution in [1.82, 2.24) is 19.5 Å². The normalized spacial score (nSPS) is 12.5. The minimum Gasteiger partial charge on any atom is -0.486 e. The van der Waals surface area contributed by atoms with Gasteiger partial charge in [-0.1, -0.05) is 126 Å². The number of hydrogen-bond acceptors (Lipinski definition) is 4. The van der Waals surface area contributed by atoms with Crippen LogP contribution in [0.1, 0.15) is 64.3 Å². The fourth-order valence-electron chi connectivity index (χ4n) is 7.18. The van der Waals surface area contributed by atoms with Crippen LogP contribution >= 0.6 is 0 Å². The fourth-order valence-corrected chi connectivity index (χ4v) is 8.76.